The lowest BCUT2D eigenvalue weighted by molar-refractivity contribution is 0.259. The van der Waals surface area contributed by atoms with E-state index in [-0.39, 0.29) is 33.6 Å². The average molecular weight is 407 g/mol. The van der Waals surface area contributed by atoms with Gasteiger partial charge in [-0.25, -0.2) is 4.39 Å². The van der Waals surface area contributed by atoms with Gasteiger partial charge in [-0.3, -0.25) is 0 Å². The summed E-state index contributed by atoms with van der Waals surface area (Å²) in [4.78, 5) is 0. The molecule has 1 saturated heterocycles. The lowest BCUT2D eigenvalue weighted by atomic mass is 9.64. The minimum atomic E-state index is -0.302. The fourth-order valence-corrected chi connectivity index (χ4v) is 5.29. The van der Waals surface area contributed by atoms with Crippen molar-refractivity contribution in [1.29, 1.82) is 0 Å². The predicted octanol–water partition coefficient (Wildman–Crippen LogP) is 5.99. The number of rotatable bonds is 2. The van der Waals surface area contributed by atoms with Crippen LogP contribution in [0.25, 0.3) is 0 Å². The largest absolute Gasteiger partial charge is 0.384 e. The molecular weight excluding hydrogens is 382 g/mol. The molecule has 2 heterocycles. The molecule has 2 aliphatic heterocycles. The standard InChI is InChI=1S/C22H25Cl2FN2/c1-21(2,3)10-19-22(12-27-18-9-13(23)7-8-15(18)22)16(11-26-19)14-5-4-6-17(24)20(14)25/h4-9,16,19,26-27H,10-12H2,1-3H3/t16-,19+,22-/m1/s1. The number of halogens is 3. The molecule has 0 amide bonds. The van der Waals surface area contributed by atoms with Crippen molar-refractivity contribution >= 4 is 28.9 Å². The third-order valence-electron chi connectivity index (χ3n) is 6.04. The molecule has 2 nitrogen and oxygen atoms in total. The van der Waals surface area contributed by atoms with E-state index in [0.29, 0.717) is 10.6 Å². The molecule has 2 aliphatic rings. The van der Waals surface area contributed by atoms with Gasteiger partial charge in [0.2, 0.25) is 0 Å². The molecular formula is C22H25Cl2FN2. The van der Waals surface area contributed by atoms with Crippen LogP contribution < -0.4 is 10.6 Å². The monoisotopic (exact) mass is 406 g/mol. The van der Waals surface area contributed by atoms with Crippen molar-refractivity contribution in [2.75, 3.05) is 18.4 Å². The quantitative estimate of drug-likeness (QED) is 0.639. The minimum Gasteiger partial charge on any atom is -0.384 e. The molecule has 5 heteroatoms. The van der Waals surface area contributed by atoms with E-state index in [4.69, 9.17) is 23.2 Å². The van der Waals surface area contributed by atoms with E-state index < -0.39 is 0 Å². The Morgan fingerprint density at radius 1 is 1.19 bits per heavy atom. The Balaban J connectivity index is 1.88. The molecule has 0 unspecified atom stereocenters. The maximum Gasteiger partial charge on any atom is 0.145 e. The van der Waals surface area contributed by atoms with Crippen LogP contribution in [0.2, 0.25) is 10.0 Å². The molecule has 0 aliphatic carbocycles. The molecule has 0 aromatic heterocycles. The average Bonchev–Trinajstić information content (AvgIpc) is 3.12. The second-order valence-corrected chi connectivity index (χ2v) is 9.85. The first-order valence-corrected chi connectivity index (χ1v) is 10.2. The molecule has 1 fully saturated rings. The molecule has 3 atom stereocenters. The number of fused-ring (bicyclic) bond motifs is 2. The second-order valence-electron chi connectivity index (χ2n) is 9.01. The van der Waals surface area contributed by atoms with Crippen LogP contribution in [0.1, 0.15) is 44.2 Å². The third kappa shape index (κ3) is 3.14. The number of hydrogen-bond acceptors (Lipinski definition) is 2. The van der Waals surface area contributed by atoms with E-state index in [2.05, 4.69) is 37.5 Å². The topological polar surface area (TPSA) is 24.1 Å². The number of anilines is 1. The first-order valence-electron chi connectivity index (χ1n) is 9.43. The van der Waals surface area contributed by atoms with Crippen molar-refractivity contribution in [3.05, 3.63) is 63.4 Å². The van der Waals surface area contributed by atoms with E-state index in [1.165, 1.54) is 5.56 Å². The summed E-state index contributed by atoms with van der Waals surface area (Å²) in [5, 5.41) is 8.15. The van der Waals surface area contributed by atoms with Crippen LogP contribution in [0, 0.1) is 11.2 Å². The van der Waals surface area contributed by atoms with Crippen LogP contribution in [-0.2, 0) is 5.41 Å². The number of benzene rings is 2. The highest BCUT2D eigenvalue weighted by Crippen LogP contribution is 2.54. The van der Waals surface area contributed by atoms with Gasteiger partial charge >= 0.3 is 0 Å². The molecule has 0 bridgehead atoms. The zero-order valence-corrected chi connectivity index (χ0v) is 17.4. The number of nitrogens with one attached hydrogen (secondary N) is 2. The van der Waals surface area contributed by atoms with Crippen molar-refractivity contribution < 1.29 is 4.39 Å². The van der Waals surface area contributed by atoms with Crippen molar-refractivity contribution in [2.24, 2.45) is 5.41 Å². The van der Waals surface area contributed by atoms with Gasteiger partial charge in [0, 0.05) is 41.2 Å². The highest BCUT2D eigenvalue weighted by atomic mass is 35.5. The molecule has 144 valence electrons. The van der Waals surface area contributed by atoms with Crippen LogP contribution >= 0.6 is 23.2 Å². The summed E-state index contributed by atoms with van der Waals surface area (Å²) in [5.41, 5.74) is 2.88. The van der Waals surface area contributed by atoms with E-state index in [1.54, 1.807) is 6.07 Å². The maximum atomic E-state index is 15.0. The van der Waals surface area contributed by atoms with Gasteiger partial charge in [-0.15, -0.1) is 0 Å². The third-order valence-corrected chi connectivity index (χ3v) is 6.57. The van der Waals surface area contributed by atoms with Crippen LogP contribution in [-0.4, -0.2) is 19.1 Å². The van der Waals surface area contributed by atoms with Gasteiger partial charge < -0.3 is 10.6 Å². The van der Waals surface area contributed by atoms with Crippen LogP contribution in [0.5, 0.6) is 0 Å². The maximum absolute atomic E-state index is 15.0. The van der Waals surface area contributed by atoms with E-state index in [9.17, 15) is 4.39 Å². The molecule has 2 aromatic rings. The van der Waals surface area contributed by atoms with Crippen molar-refractivity contribution in [2.45, 2.75) is 44.6 Å². The number of hydrogen-bond donors (Lipinski definition) is 2. The zero-order valence-electron chi connectivity index (χ0n) is 15.9. The zero-order chi connectivity index (χ0) is 19.4. The highest BCUT2D eigenvalue weighted by molar-refractivity contribution is 6.31. The highest BCUT2D eigenvalue weighted by Gasteiger charge is 2.56. The Morgan fingerprint density at radius 3 is 2.70 bits per heavy atom. The Bertz CT molecular complexity index is 877. The first-order chi connectivity index (χ1) is 12.7. The molecule has 1 spiro atoms. The van der Waals surface area contributed by atoms with Gasteiger partial charge in [-0.1, -0.05) is 62.2 Å². The van der Waals surface area contributed by atoms with Gasteiger partial charge in [0.25, 0.3) is 0 Å². The summed E-state index contributed by atoms with van der Waals surface area (Å²) in [7, 11) is 0. The van der Waals surface area contributed by atoms with Crippen LogP contribution in [0.15, 0.2) is 36.4 Å². The molecule has 0 radical (unpaired) electrons. The fraction of sp³-hybridized carbons (Fsp3) is 0.455. The summed E-state index contributed by atoms with van der Waals surface area (Å²) in [6.07, 6.45) is 0.995. The lowest BCUT2D eigenvalue weighted by Crippen LogP contribution is -2.46. The van der Waals surface area contributed by atoms with E-state index >= 15 is 0 Å². The Kier molecular flexibility index (Phi) is 4.69. The van der Waals surface area contributed by atoms with Crippen LogP contribution in [0.3, 0.4) is 0 Å². The van der Waals surface area contributed by atoms with Crippen molar-refractivity contribution in [1.82, 2.24) is 5.32 Å². The molecule has 27 heavy (non-hydrogen) atoms. The van der Waals surface area contributed by atoms with Gasteiger partial charge in [0.05, 0.1) is 5.02 Å². The summed E-state index contributed by atoms with van der Waals surface area (Å²) in [6.45, 7) is 8.23. The molecule has 2 aromatic carbocycles. The molecule has 0 saturated carbocycles. The minimum absolute atomic E-state index is 0.00141. The van der Waals surface area contributed by atoms with Crippen LogP contribution in [0.4, 0.5) is 10.1 Å². The molecule has 2 N–H and O–H groups in total. The Labute approximate surface area is 170 Å². The Morgan fingerprint density at radius 2 is 1.96 bits per heavy atom. The first kappa shape index (κ1) is 19.0. The smallest absolute Gasteiger partial charge is 0.145 e. The van der Waals surface area contributed by atoms with E-state index in [1.807, 2.05) is 24.3 Å². The normalized spacial score (nSPS) is 27.0. The fourth-order valence-electron chi connectivity index (χ4n) is 4.94. The Hall–Kier alpha value is -1.29. The predicted molar refractivity (Wildman–Crippen MR) is 112 cm³/mol. The van der Waals surface area contributed by atoms with Gasteiger partial charge in [-0.05, 0) is 41.2 Å². The summed E-state index contributed by atoms with van der Waals surface area (Å²) >= 11 is 12.4. The van der Waals surface area contributed by atoms with E-state index in [0.717, 1.165) is 25.2 Å². The van der Waals surface area contributed by atoms with Crippen molar-refractivity contribution in [3.63, 3.8) is 0 Å². The summed E-state index contributed by atoms with van der Waals surface area (Å²) in [5.74, 6) is -0.303. The van der Waals surface area contributed by atoms with Gasteiger partial charge in [0.15, 0.2) is 0 Å². The SMILES string of the molecule is CC(C)(C)C[C@@H]1NC[C@H](c2cccc(Cl)c2F)[C@]12CNc1cc(Cl)ccc12. The van der Waals surface area contributed by atoms with Gasteiger partial charge in [0.1, 0.15) is 5.82 Å². The summed E-state index contributed by atoms with van der Waals surface area (Å²) in [6, 6.07) is 11.6. The lowest BCUT2D eigenvalue weighted by Gasteiger charge is -2.39. The summed E-state index contributed by atoms with van der Waals surface area (Å²) < 4.78 is 15.0. The second kappa shape index (κ2) is 6.65. The molecule has 4 rings (SSSR count). The van der Waals surface area contributed by atoms with Crippen molar-refractivity contribution in [3.8, 4) is 0 Å². The van der Waals surface area contributed by atoms with Gasteiger partial charge in [-0.2, -0.15) is 0 Å².